The van der Waals surface area contributed by atoms with Crippen molar-refractivity contribution in [2.24, 2.45) is 7.05 Å². The molecule has 10 heteroatoms. The molecule has 4 rings (SSSR count). The van der Waals surface area contributed by atoms with Crippen molar-refractivity contribution >= 4 is 44.6 Å². The lowest BCUT2D eigenvalue weighted by Crippen LogP contribution is -2.55. The number of halogens is 1. The van der Waals surface area contributed by atoms with Crippen molar-refractivity contribution in [2.75, 3.05) is 30.3 Å². The minimum atomic E-state index is -0.512. The fraction of sp³-hybridized carbons (Fsp3) is 0.455. The van der Waals surface area contributed by atoms with Gasteiger partial charge in [0.25, 0.3) is 0 Å². The van der Waals surface area contributed by atoms with Gasteiger partial charge in [0.2, 0.25) is 0 Å². The van der Waals surface area contributed by atoms with E-state index in [1.54, 1.807) is 11.1 Å². The monoisotopic (exact) mass is 501 g/mol. The molecule has 170 valence electrons. The molecule has 0 aliphatic carbocycles. The Morgan fingerprint density at radius 1 is 1.25 bits per heavy atom. The van der Waals surface area contributed by atoms with Crippen LogP contribution in [0.2, 0.25) is 0 Å². The number of para-hydroxylation sites is 1. The molecular weight excluding hydrogens is 474 g/mol. The van der Waals surface area contributed by atoms with Crippen LogP contribution in [0.25, 0.3) is 22.6 Å². The Bertz CT molecular complexity index is 1170. The summed E-state index contributed by atoms with van der Waals surface area (Å²) in [4.78, 5) is 30.2. The Morgan fingerprint density at radius 3 is 2.69 bits per heavy atom. The first kappa shape index (κ1) is 22.3. The third kappa shape index (κ3) is 4.23. The summed E-state index contributed by atoms with van der Waals surface area (Å²) in [6.45, 7) is 9.67. The second kappa shape index (κ2) is 8.23. The van der Waals surface area contributed by atoms with Crippen LogP contribution in [0.3, 0.4) is 0 Å². The zero-order chi connectivity index (χ0) is 23.2. The highest BCUT2D eigenvalue weighted by Gasteiger charge is 2.32. The molecule has 1 saturated heterocycles. The van der Waals surface area contributed by atoms with E-state index in [0.717, 1.165) is 16.7 Å². The quantitative estimate of drug-likeness (QED) is 0.569. The summed E-state index contributed by atoms with van der Waals surface area (Å²) in [5.74, 6) is 0.979. The summed E-state index contributed by atoms with van der Waals surface area (Å²) in [6, 6.07) is 6.06. The number of rotatable bonds is 2. The van der Waals surface area contributed by atoms with Crippen LogP contribution in [0.5, 0.6) is 0 Å². The van der Waals surface area contributed by atoms with Gasteiger partial charge in [0, 0.05) is 32.7 Å². The molecule has 1 amide bonds. The van der Waals surface area contributed by atoms with Gasteiger partial charge in [-0.3, -0.25) is 0 Å². The Hall–Kier alpha value is -2.88. The van der Waals surface area contributed by atoms with Gasteiger partial charge in [-0.25, -0.2) is 19.7 Å². The van der Waals surface area contributed by atoms with Gasteiger partial charge >= 0.3 is 6.09 Å². The van der Waals surface area contributed by atoms with Gasteiger partial charge in [-0.15, -0.1) is 0 Å². The van der Waals surface area contributed by atoms with Crippen molar-refractivity contribution in [3.8, 4) is 11.5 Å². The van der Waals surface area contributed by atoms with Crippen LogP contribution in [0.4, 0.5) is 16.3 Å². The summed E-state index contributed by atoms with van der Waals surface area (Å²) >= 11 is 3.36. The minimum absolute atomic E-state index is 0.00754. The van der Waals surface area contributed by atoms with Crippen LogP contribution in [0.15, 0.2) is 29.0 Å². The van der Waals surface area contributed by atoms with Crippen LogP contribution >= 0.6 is 15.9 Å². The van der Waals surface area contributed by atoms with E-state index in [2.05, 4.69) is 36.9 Å². The number of hydrogen-bond acceptors (Lipinski definition) is 7. The molecule has 2 N–H and O–H groups in total. The van der Waals surface area contributed by atoms with Crippen LogP contribution in [0, 0.1) is 0 Å². The van der Waals surface area contributed by atoms with E-state index in [-0.39, 0.29) is 12.1 Å². The summed E-state index contributed by atoms with van der Waals surface area (Å²) in [5.41, 5.74) is 9.01. The summed E-state index contributed by atoms with van der Waals surface area (Å²) in [7, 11) is 1.95. The van der Waals surface area contributed by atoms with Crippen LogP contribution < -0.4 is 10.6 Å². The maximum atomic E-state index is 12.6. The summed E-state index contributed by atoms with van der Waals surface area (Å²) < 4.78 is 8.18. The first-order valence-corrected chi connectivity index (χ1v) is 11.3. The normalized spacial score (nSPS) is 17.1. The van der Waals surface area contributed by atoms with Crippen molar-refractivity contribution in [3.05, 3.63) is 29.0 Å². The number of nitrogen functional groups attached to an aromatic ring is 1. The zero-order valence-electron chi connectivity index (χ0n) is 19.0. The Morgan fingerprint density at radius 2 is 2.00 bits per heavy atom. The number of aryl methyl sites for hydroxylation is 1. The highest BCUT2D eigenvalue weighted by molar-refractivity contribution is 9.10. The molecule has 0 bridgehead atoms. The third-order valence-electron chi connectivity index (χ3n) is 5.45. The lowest BCUT2D eigenvalue weighted by molar-refractivity contribution is 0.0159. The molecule has 0 saturated carbocycles. The first-order valence-electron chi connectivity index (χ1n) is 10.5. The number of anilines is 2. The third-order valence-corrected chi connectivity index (χ3v) is 5.83. The number of aromatic nitrogens is 4. The van der Waals surface area contributed by atoms with Crippen molar-refractivity contribution in [3.63, 3.8) is 0 Å². The predicted octanol–water partition coefficient (Wildman–Crippen LogP) is 3.82. The summed E-state index contributed by atoms with van der Waals surface area (Å²) in [5, 5.41) is 0. The van der Waals surface area contributed by atoms with Gasteiger partial charge in [-0.1, -0.05) is 6.07 Å². The largest absolute Gasteiger partial charge is 0.444 e. The number of imidazole rings is 1. The molecule has 0 unspecified atom stereocenters. The second-order valence-corrected chi connectivity index (χ2v) is 9.85. The smallest absolute Gasteiger partial charge is 0.410 e. The molecule has 1 aliphatic rings. The van der Waals surface area contributed by atoms with Crippen LogP contribution in [0.1, 0.15) is 27.7 Å². The number of carbonyl (C=O) groups is 1. The first-order chi connectivity index (χ1) is 15.0. The van der Waals surface area contributed by atoms with Gasteiger partial charge in [0.15, 0.2) is 11.6 Å². The molecule has 2 aromatic heterocycles. The van der Waals surface area contributed by atoms with Gasteiger partial charge in [-0.05, 0) is 55.8 Å². The van der Waals surface area contributed by atoms with Crippen molar-refractivity contribution in [1.29, 1.82) is 0 Å². The van der Waals surface area contributed by atoms with Gasteiger partial charge in [-0.2, -0.15) is 0 Å². The Labute approximate surface area is 195 Å². The number of amides is 1. The van der Waals surface area contributed by atoms with E-state index in [0.29, 0.717) is 41.6 Å². The number of carbonyl (C=O) groups excluding carboxylic acids is 1. The second-order valence-electron chi connectivity index (χ2n) is 9.03. The molecule has 1 fully saturated rings. The maximum Gasteiger partial charge on any atom is 0.410 e. The molecule has 0 spiro atoms. The van der Waals surface area contributed by atoms with Crippen molar-refractivity contribution in [2.45, 2.75) is 39.3 Å². The van der Waals surface area contributed by atoms with Crippen LogP contribution in [-0.2, 0) is 11.8 Å². The fourth-order valence-corrected chi connectivity index (χ4v) is 4.30. The van der Waals surface area contributed by atoms with E-state index in [9.17, 15) is 4.79 Å². The van der Waals surface area contributed by atoms with Crippen LogP contribution in [-0.4, -0.2) is 61.8 Å². The number of ether oxygens (including phenoxy) is 1. The highest BCUT2D eigenvalue weighted by Crippen LogP contribution is 2.33. The average Bonchev–Trinajstić information content (AvgIpc) is 3.05. The van der Waals surface area contributed by atoms with Crippen molar-refractivity contribution in [1.82, 2.24) is 24.4 Å². The number of piperazine rings is 1. The van der Waals surface area contributed by atoms with Gasteiger partial charge in [0.05, 0.1) is 22.9 Å². The molecule has 0 radical (unpaired) electrons. The number of fused-ring (bicyclic) bond motifs is 1. The zero-order valence-corrected chi connectivity index (χ0v) is 20.5. The highest BCUT2D eigenvalue weighted by atomic mass is 79.9. The van der Waals surface area contributed by atoms with E-state index < -0.39 is 5.60 Å². The van der Waals surface area contributed by atoms with Gasteiger partial charge < -0.3 is 24.8 Å². The number of nitrogens with two attached hydrogens (primary N) is 1. The molecule has 9 nitrogen and oxygen atoms in total. The molecule has 3 heterocycles. The molecule has 32 heavy (non-hydrogen) atoms. The standard InChI is InChI=1S/C22H28BrN7O2/c1-13-12-29(9-10-30(13)21(31)32-22(2,3)4)15-8-6-7-14-18(15)28(5)20(26-14)17-19(24)25-11-16(23)27-17/h6-8,11,13H,9-10,12H2,1-5H3,(H2,24,25)/t13-/m0/s1. The van der Waals surface area contributed by atoms with E-state index in [1.807, 2.05) is 51.4 Å². The Balaban J connectivity index is 1.66. The maximum absolute atomic E-state index is 12.6. The predicted molar refractivity (Wildman–Crippen MR) is 128 cm³/mol. The number of nitrogens with zero attached hydrogens (tertiary/aromatic N) is 6. The fourth-order valence-electron chi connectivity index (χ4n) is 4.02. The van der Waals surface area contributed by atoms with E-state index >= 15 is 0 Å². The SMILES string of the molecule is C[C@H]1CN(c2cccc3nc(-c4nc(Br)cnc4N)n(C)c23)CCN1C(=O)OC(C)(C)C. The minimum Gasteiger partial charge on any atom is -0.444 e. The molecule has 1 aromatic carbocycles. The molecule has 1 atom stereocenters. The lowest BCUT2D eigenvalue weighted by Gasteiger charge is -2.41. The Kier molecular flexibility index (Phi) is 5.74. The van der Waals surface area contributed by atoms with Gasteiger partial charge in [0.1, 0.15) is 15.9 Å². The summed E-state index contributed by atoms with van der Waals surface area (Å²) in [6.07, 6.45) is 1.30. The average molecular weight is 502 g/mol. The van der Waals surface area contributed by atoms with Crippen molar-refractivity contribution < 1.29 is 9.53 Å². The number of benzene rings is 1. The van der Waals surface area contributed by atoms with E-state index in [4.69, 9.17) is 15.5 Å². The molecular formula is C22H28BrN7O2. The lowest BCUT2D eigenvalue weighted by atomic mass is 10.1. The van der Waals surface area contributed by atoms with E-state index in [1.165, 1.54) is 0 Å². The number of hydrogen-bond donors (Lipinski definition) is 1. The molecule has 3 aromatic rings. The molecule has 1 aliphatic heterocycles. The topological polar surface area (TPSA) is 102 Å².